The third-order valence-electron chi connectivity index (χ3n) is 5.02. The molecular formula is C16H26N8O5S3. The molecule has 0 spiro atoms. The van der Waals surface area contributed by atoms with E-state index in [1.54, 1.807) is 0 Å². The van der Waals surface area contributed by atoms with Gasteiger partial charge in [-0.15, -0.1) is 22.0 Å². The van der Waals surface area contributed by atoms with Gasteiger partial charge in [0, 0.05) is 17.5 Å². The number of hydrogen-bond donors (Lipinski definition) is 5. The molecule has 0 aliphatic carbocycles. The fraction of sp³-hybridized carbons (Fsp3) is 0.688. The molecule has 3 rings (SSSR count). The molecule has 1 aromatic heterocycles. The lowest BCUT2D eigenvalue weighted by atomic mass is 10.00. The van der Waals surface area contributed by atoms with Crippen LogP contribution in [0.3, 0.4) is 0 Å². The first-order chi connectivity index (χ1) is 15.2. The van der Waals surface area contributed by atoms with Crippen molar-refractivity contribution in [3.63, 3.8) is 0 Å². The fourth-order valence-corrected chi connectivity index (χ4v) is 6.51. The van der Waals surface area contributed by atoms with Gasteiger partial charge >= 0.3 is 5.97 Å². The number of carboxylic acids is 1. The number of aliphatic carboxylic acids is 1. The second-order valence-electron chi connectivity index (χ2n) is 7.26. The van der Waals surface area contributed by atoms with Crippen LogP contribution in [-0.2, 0) is 19.8 Å². The van der Waals surface area contributed by atoms with Crippen molar-refractivity contribution in [3.8, 4) is 0 Å². The third kappa shape index (κ3) is 5.99. The van der Waals surface area contributed by atoms with Gasteiger partial charge in [-0.1, -0.05) is 31.5 Å². The Balaban J connectivity index is 1.80. The van der Waals surface area contributed by atoms with E-state index in [9.17, 15) is 23.1 Å². The number of carbonyl (C=O) groups is 2. The predicted octanol–water partition coefficient (Wildman–Crippen LogP) is -0.754. The van der Waals surface area contributed by atoms with Crippen molar-refractivity contribution >= 4 is 45.6 Å². The standard InChI is InChI=1S/C16H26N8O5S3/c1-2-3-4-6-18-11-13(25)24-12(15(26)27)9(8-30-14(11)24)10(5-7-19-32(17,28)29)31-16-20-22-23-21-16/h10-11,14,18-19H,2-8H2,1H3,(H,26,27)(H2,17,28,29)(H,20,21,22,23)/t10?,11?,14-/m0/s1. The molecule has 3 heterocycles. The molecule has 32 heavy (non-hydrogen) atoms. The molecule has 1 saturated heterocycles. The summed E-state index contributed by atoms with van der Waals surface area (Å²) in [7, 11) is -3.90. The minimum absolute atomic E-state index is 0.0194. The molecule has 0 saturated carbocycles. The van der Waals surface area contributed by atoms with Gasteiger partial charge in [-0.2, -0.15) is 13.6 Å². The number of nitrogens with zero attached hydrogens (tertiary/aromatic N) is 4. The number of aromatic nitrogens is 4. The molecule has 3 atom stereocenters. The maximum absolute atomic E-state index is 12.8. The minimum atomic E-state index is -3.90. The number of carbonyl (C=O) groups excluding carboxylic acids is 1. The number of thioether (sulfide) groups is 2. The van der Waals surface area contributed by atoms with Crippen molar-refractivity contribution in [2.45, 2.75) is 54.4 Å². The highest BCUT2D eigenvalue weighted by Crippen LogP contribution is 2.44. The van der Waals surface area contributed by atoms with Crippen molar-refractivity contribution in [3.05, 3.63) is 11.3 Å². The second kappa shape index (κ2) is 10.9. The lowest BCUT2D eigenvalue weighted by molar-refractivity contribution is -0.149. The Morgan fingerprint density at radius 1 is 1.44 bits per heavy atom. The summed E-state index contributed by atoms with van der Waals surface area (Å²) in [6, 6.07) is -0.417. The van der Waals surface area contributed by atoms with Gasteiger partial charge < -0.3 is 10.4 Å². The molecule has 1 amide bonds. The van der Waals surface area contributed by atoms with Crippen LogP contribution in [0.1, 0.15) is 32.6 Å². The normalized spacial score (nSPS) is 21.9. The van der Waals surface area contributed by atoms with Crippen LogP contribution >= 0.6 is 23.5 Å². The van der Waals surface area contributed by atoms with Gasteiger partial charge in [-0.05, 0) is 30.2 Å². The number of amides is 1. The highest BCUT2D eigenvalue weighted by molar-refractivity contribution is 8.01. The van der Waals surface area contributed by atoms with Crippen LogP contribution in [0, 0.1) is 0 Å². The molecule has 1 fully saturated rings. The van der Waals surface area contributed by atoms with E-state index in [0.717, 1.165) is 31.0 Å². The lowest BCUT2D eigenvalue weighted by Crippen LogP contribution is -2.70. The maximum atomic E-state index is 12.8. The number of aromatic amines is 1. The molecule has 6 N–H and O–H groups in total. The van der Waals surface area contributed by atoms with E-state index in [2.05, 4.69) is 37.6 Å². The van der Waals surface area contributed by atoms with E-state index < -0.39 is 27.5 Å². The number of hydrogen-bond acceptors (Lipinski definition) is 10. The maximum Gasteiger partial charge on any atom is 0.352 e. The van der Waals surface area contributed by atoms with Crippen molar-refractivity contribution in [1.82, 2.24) is 35.6 Å². The van der Waals surface area contributed by atoms with Crippen LogP contribution < -0.4 is 15.2 Å². The molecule has 0 radical (unpaired) electrons. The summed E-state index contributed by atoms with van der Waals surface area (Å²) in [6.45, 7) is 2.78. The molecule has 178 valence electrons. The average Bonchev–Trinajstić information content (AvgIpc) is 3.24. The number of nitrogens with one attached hydrogen (secondary N) is 3. The first-order valence-corrected chi connectivity index (χ1v) is 13.5. The minimum Gasteiger partial charge on any atom is -0.477 e. The van der Waals surface area contributed by atoms with Gasteiger partial charge in [0.1, 0.15) is 17.1 Å². The molecule has 1 aromatic rings. The zero-order chi connectivity index (χ0) is 23.3. The molecular weight excluding hydrogens is 480 g/mol. The summed E-state index contributed by atoms with van der Waals surface area (Å²) in [6.07, 6.45) is 3.29. The Kier molecular flexibility index (Phi) is 8.51. The van der Waals surface area contributed by atoms with Gasteiger partial charge in [-0.25, -0.2) is 14.7 Å². The van der Waals surface area contributed by atoms with Crippen LogP contribution in [0.15, 0.2) is 16.4 Å². The van der Waals surface area contributed by atoms with E-state index in [1.165, 1.54) is 16.7 Å². The zero-order valence-corrected chi connectivity index (χ0v) is 19.8. The van der Waals surface area contributed by atoms with Gasteiger partial charge in [0.2, 0.25) is 11.1 Å². The number of carboxylic acid groups (broad SMARTS) is 1. The topological polar surface area (TPSA) is 196 Å². The summed E-state index contributed by atoms with van der Waals surface area (Å²) in [5.41, 5.74) is 0.435. The second-order valence-corrected chi connectivity index (χ2v) is 10.9. The predicted molar refractivity (Wildman–Crippen MR) is 119 cm³/mol. The molecule has 0 aromatic carbocycles. The van der Waals surface area contributed by atoms with Crippen molar-refractivity contribution in [2.75, 3.05) is 18.8 Å². The largest absolute Gasteiger partial charge is 0.477 e. The summed E-state index contributed by atoms with van der Waals surface area (Å²) in [5.74, 6) is -1.12. The number of nitrogens with two attached hydrogens (primary N) is 1. The van der Waals surface area contributed by atoms with E-state index in [4.69, 9.17) is 5.14 Å². The summed E-state index contributed by atoms with van der Waals surface area (Å²) in [5, 5.41) is 31.2. The third-order valence-corrected chi connectivity index (χ3v) is 8.11. The molecule has 2 aliphatic rings. The molecule has 2 aliphatic heterocycles. The van der Waals surface area contributed by atoms with Gasteiger partial charge in [-0.3, -0.25) is 9.69 Å². The van der Waals surface area contributed by atoms with E-state index in [0.29, 0.717) is 17.9 Å². The molecule has 16 heteroatoms. The first-order valence-electron chi connectivity index (χ1n) is 10.0. The van der Waals surface area contributed by atoms with Crippen LogP contribution in [-0.4, -0.2) is 86.4 Å². The number of fused-ring (bicyclic) bond motifs is 1. The summed E-state index contributed by atoms with van der Waals surface area (Å²) >= 11 is 2.62. The van der Waals surface area contributed by atoms with Crippen LogP contribution in [0.25, 0.3) is 0 Å². The summed E-state index contributed by atoms with van der Waals surface area (Å²) < 4.78 is 24.7. The Morgan fingerprint density at radius 3 is 2.84 bits per heavy atom. The Morgan fingerprint density at radius 2 is 2.22 bits per heavy atom. The van der Waals surface area contributed by atoms with Crippen LogP contribution in [0.2, 0.25) is 0 Å². The number of tetrazole rings is 1. The zero-order valence-electron chi connectivity index (χ0n) is 17.4. The SMILES string of the molecule is CCCCCNC1C(=O)N2C(C(=O)O)=C(C(CCNS(N)(=O)=O)Sc3nn[nH]n3)CS[C@@H]12. The van der Waals surface area contributed by atoms with Gasteiger partial charge in [0.25, 0.3) is 10.2 Å². The van der Waals surface area contributed by atoms with Crippen molar-refractivity contribution in [2.24, 2.45) is 5.14 Å². The van der Waals surface area contributed by atoms with E-state index in [-0.39, 0.29) is 35.1 Å². The quantitative estimate of drug-likeness (QED) is 0.128. The molecule has 0 bridgehead atoms. The number of β-lactam (4-membered cyclic amide) rings is 1. The molecule has 2 unspecified atom stereocenters. The average molecular weight is 507 g/mol. The van der Waals surface area contributed by atoms with Gasteiger partial charge in [0.15, 0.2) is 0 Å². The fourth-order valence-electron chi connectivity index (χ4n) is 3.54. The van der Waals surface area contributed by atoms with Gasteiger partial charge in [0.05, 0.1) is 0 Å². The highest BCUT2D eigenvalue weighted by atomic mass is 32.2. The Hall–Kier alpha value is -1.72. The van der Waals surface area contributed by atoms with Crippen molar-refractivity contribution < 1.29 is 23.1 Å². The Bertz CT molecular complexity index is 955. The number of unbranched alkanes of at least 4 members (excludes halogenated alkanes) is 2. The van der Waals surface area contributed by atoms with Crippen LogP contribution in [0.5, 0.6) is 0 Å². The summed E-state index contributed by atoms with van der Waals surface area (Å²) in [4.78, 5) is 26.3. The Labute approximate surface area is 193 Å². The lowest BCUT2D eigenvalue weighted by Gasteiger charge is -2.50. The number of H-pyrrole nitrogens is 1. The number of rotatable bonds is 13. The van der Waals surface area contributed by atoms with E-state index in [1.807, 2.05) is 0 Å². The first kappa shape index (κ1) is 24.9. The smallest absolute Gasteiger partial charge is 0.352 e. The van der Waals surface area contributed by atoms with Crippen LogP contribution in [0.4, 0.5) is 0 Å². The van der Waals surface area contributed by atoms with Crippen molar-refractivity contribution in [1.29, 1.82) is 0 Å². The van der Waals surface area contributed by atoms with E-state index >= 15 is 0 Å². The highest BCUT2D eigenvalue weighted by Gasteiger charge is 2.53. The molecule has 13 nitrogen and oxygen atoms in total. The monoisotopic (exact) mass is 506 g/mol.